The maximum absolute atomic E-state index is 13.1. The molecule has 4 nitrogen and oxygen atoms in total. The number of anilines is 1. The largest absolute Gasteiger partial charge is 0.278 e. The number of hydrogen-bond donors (Lipinski definition) is 0. The molecule has 0 saturated heterocycles. The second-order valence-corrected chi connectivity index (χ2v) is 7.92. The summed E-state index contributed by atoms with van der Waals surface area (Å²) in [5.41, 5.74) is 5.06. The Morgan fingerprint density at radius 2 is 1.86 bits per heavy atom. The van der Waals surface area contributed by atoms with E-state index in [2.05, 4.69) is 31.0 Å². The fourth-order valence-electron chi connectivity index (χ4n) is 3.19. The zero-order chi connectivity index (χ0) is 20.2. The number of carbonyl (C=O) groups is 1. The number of carbonyl (C=O) groups excluding carboxylic acids is 1. The van der Waals surface area contributed by atoms with Crippen LogP contribution in [0.3, 0.4) is 0 Å². The van der Waals surface area contributed by atoms with Gasteiger partial charge in [-0.3, -0.25) is 14.7 Å². The Labute approximate surface area is 174 Å². The quantitative estimate of drug-likeness (QED) is 0.413. The molecule has 5 heteroatoms. The van der Waals surface area contributed by atoms with Crippen LogP contribution in [0.1, 0.15) is 22.4 Å². The van der Waals surface area contributed by atoms with Gasteiger partial charge in [-0.25, -0.2) is 4.98 Å². The number of aryl methyl sites for hydroxylation is 2. The Morgan fingerprint density at radius 1 is 1.07 bits per heavy atom. The normalized spacial score (nSPS) is 11.2. The van der Waals surface area contributed by atoms with Crippen molar-refractivity contribution in [3.8, 4) is 0 Å². The van der Waals surface area contributed by atoms with Gasteiger partial charge in [0, 0.05) is 12.3 Å². The highest BCUT2D eigenvalue weighted by Gasteiger charge is 2.19. The highest BCUT2D eigenvalue weighted by molar-refractivity contribution is 7.22. The smallest absolute Gasteiger partial charge is 0.253 e. The first-order valence-electron chi connectivity index (χ1n) is 9.42. The Hall–Kier alpha value is -3.31. The lowest BCUT2D eigenvalue weighted by Gasteiger charge is -2.17. The standard InChI is InChI=1S/C24H21N3OS/c1-17-14-18(2)23-21(15-17)29-24(26-23)27(16-20-10-6-7-13-25-20)22(28)12-11-19-8-4-3-5-9-19/h3-15H,16H2,1-2H3/b12-11+. The highest BCUT2D eigenvalue weighted by Crippen LogP contribution is 2.32. The van der Waals surface area contributed by atoms with Crippen LogP contribution in [0.4, 0.5) is 5.13 Å². The second-order valence-electron chi connectivity index (χ2n) is 6.91. The first kappa shape index (κ1) is 19.0. The third-order valence-electron chi connectivity index (χ3n) is 4.58. The van der Waals surface area contributed by atoms with Crippen molar-refractivity contribution in [1.82, 2.24) is 9.97 Å². The van der Waals surface area contributed by atoms with Crippen LogP contribution >= 0.6 is 11.3 Å². The summed E-state index contributed by atoms with van der Waals surface area (Å²) in [4.78, 5) is 24.0. The van der Waals surface area contributed by atoms with E-state index in [0.29, 0.717) is 11.7 Å². The molecule has 0 aliphatic carbocycles. The molecular weight excluding hydrogens is 378 g/mol. The Balaban J connectivity index is 1.71. The Bertz CT molecular complexity index is 1170. The monoisotopic (exact) mass is 399 g/mol. The van der Waals surface area contributed by atoms with Crippen LogP contribution in [0.5, 0.6) is 0 Å². The SMILES string of the molecule is Cc1cc(C)c2nc(N(Cc3ccccn3)C(=O)/C=C/c3ccccc3)sc2c1. The lowest BCUT2D eigenvalue weighted by Crippen LogP contribution is -2.29. The lowest BCUT2D eigenvalue weighted by molar-refractivity contribution is -0.114. The van der Waals surface area contributed by atoms with Crippen molar-refractivity contribution < 1.29 is 4.79 Å². The van der Waals surface area contributed by atoms with E-state index < -0.39 is 0 Å². The number of nitrogens with zero attached hydrogens (tertiary/aromatic N) is 3. The summed E-state index contributed by atoms with van der Waals surface area (Å²) in [7, 11) is 0. The summed E-state index contributed by atoms with van der Waals surface area (Å²) >= 11 is 1.54. The van der Waals surface area contributed by atoms with E-state index in [0.717, 1.165) is 27.0 Å². The molecule has 2 aromatic heterocycles. The molecule has 29 heavy (non-hydrogen) atoms. The molecule has 0 bridgehead atoms. The number of thiazole rings is 1. The minimum atomic E-state index is -0.118. The van der Waals surface area contributed by atoms with Gasteiger partial charge < -0.3 is 0 Å². The van der Waals surface area contributed by atoms with Crippen molar-refractivity contribution in [3.63, 3.8) is 0 Å². The lowest BCUT2D eigenvalue weighted by atomic mass is 10.1. The molecule has 0 spiro atoms. The maximum atomic E-state index is 13.1. The van der Waals surface area contributed by atoms with Crippen LogP contribution in [0.25, 0.3) is 16.3 Å². The third-order valence-corrected chi connectivity index (χ3v) is 5.61. The molecule has 2 aromatic carbocycles. The predicted molar refractivity (Wildman–Crippen MR) is 120 cm³/mol. The number of fused-ring (bicyclic) bond motifs is 1. The summed E-state index contributed by atoms with van der Waals surface area (Å²) < 4.78 is 1.09. The van der Waals surface area contributed by atoms with Gasteiger partial charge >= 0.3 is 0 Å². The molecular formula is C24H21N3OS. The van der Waals surface area contributed by atoms with Gasteiger partial charge in [-0.1, -0.05) is 53.8 Å². The first-order valence-corrected chi connectivity index (χ1v) is 10.2. The van der Waals surface area contributed by atoms with E-state index >= 15 is 0 Å². The molecule has 0 aliphatic rings. The molecule has 144 valence electrons. The number of aromatic nitrogens is 2. The van der Waals surface area contributed by atoms with Gasteiger partial charge in [-0.2, -0.15) is 0 Å². The second kappa shape index (κ2) is 8.37. The zero-order valence-electron chi connectivity index (χ0n) is 16.4. The minimum Gasteiger partial charge on any atom is -0.278 e. The maximum Gasteiger partial charge on any atom is 0.253 e. The average Bonchev–Trinajstić information content (AvgIpc) is 3.16. The van der Waals surface area contributed by atoms with E-state index in [-0.39, 0.29) is 5.91 Å². The van der Waals surface area contributed by atoms with Gasteiger partial charge in [-0.05, 0) is 54.8 Å². The van der Waals surface area contributed by atoms with Crippen molar-refractivity contribution in [2.45, 2.75) is 20.4 Å². The fourth-order valence-corrected chi connectivity index (χ4v) is 4.34. The molecule has 4 rings (SSSR count). The fraction of sp³-hybridized carbons (Fsp3) is 0.125. The summed E-state index contributed by atoms with van der Waals surface area (Å²) in [5, 5.41) is 0.682. The number of rotatable bonds is 5. The van der Waals surface area contributed by atoms with Crippen molar-refractivity contribution >= 4 is 38.7 Å². The molecule has 1 amide bonds. The Morgan fingerprint density at radius 3 is 2.62 bits per heavy atom. The van der Waals surface area contributed by atoms with E-state index in [9.17, 15) is 4.79 Å². The van der Waals surface area contributed by atoms with Gasteiger partial charge in [0.15, 0.2) is 5.13 Å². The van der Waals surface area contributed by atoms with Crippen molar-refractivity contribution in [1.29, 1.82) is 0 Å². The number of benzene rings is 2. The van der Waals surface area contributed by atoms with Crippen molar-refractivity contribution in [3.05, 3.63) is 95.3 Å². The average molecular weight is 400 g/mol. The number of pyridine rings is 1. The first-order chi connectivity index (χ1) is 14.1. The molecule has 0 saturated carbocycles. The molecule has 0 fully saturated rings. The van der Waals surface area contributed by atoms with Crippen LogP contribution < -0.4 is 4.90 Å². The summed E-state index contributed by atoms with van der Waals surface area (Å²) in [6.45, 7) is 4.50. The van der Waals surface area contributed by atoms with Gasteiger partial charge in [0.2, 0.25) is 0 Å². The van der Waals surface area contributed by atoms with Gasteiger partial charge in [0.1, 0.15) is 0 Å². The van der Waals surface area contributed by atoms with Crippen LogP contribution in [0.2, 0.25) is 0 Å². The minimum absolute atomic E-state index is 0.118. The summed E-state index contributed by atoms with van der Waals surface area (Å²) in [6, 6.07) is 19.8. The molecule has 0 N–H and O–H groups in total. The molecule has 0 atom stereocenters. The Kier molecular flexibility index (Phi) is 5.49. The topological polar surface area (TPSA) is 46.1 Å². The van der Waals surface area contributed by atoms with Gasteiger partial charge in [0.25, 0.3) is 5.91 Å². The van der Waals surface area contributed by atoms with Crippen molar-refractivity contribution in [2.75, 3.05) is 4.90 Å². The van der Waals surface area contributed by atoms with Crippen LogP contribution in [-0.2, 0) is 11.3 Å². The summed E-state index contributed by atoms with van der Waals surface area (Å²) in [6.07, 6.45) is 5.17. The number of amides is 1. The van der Waals surface area contributed by atoms with Gasteiger partial charge in [-0.15, -0.1) is 0 Å². The molecule has 0 unspecified atom stereocenters. The molecule has 4 aromatic rings. The predicted octanol–water partition coefficient (Wildman–Crippen LogP) is 5.55. The van der Waals surface area contributed by atoms with Crippen molar-refractivity contribution in [2.24, 2.45) is 0 Å². The van der Waals surface area contributed by atoms with Crippen LogP contribution in [-0.4, -0.2) is 15.9 Å². The summed E-state index contributed by atoms with van der Waals surface area (Å²) in [5.74, 6) is -0.118. The van der Waals surface area contributed by atoms with Gasteiger partial charge in [0.05, 0.1) is 22.5 Å². The highest BCUT2D eigenvalue weighted by atomic mass is 32.1. The third kappa shape index (κ3) is 4.41. The zero-order valence-corrected chi connectivity index (χ0v) is 17.2. The number of hydrogen-bond acceptors (Lipinski definition) is 4. The van der Waals surface area contributed by atoms with E-state index in [1.54, 1.807) is 17.2 Å². The van der Waals surface area contributed by atoms with E-state index in [1.165, 1.54) is 16.9 Å². The van der Waals surface area contributed by atoms with Crippen LogP contribution in [0, 0.1) is 13.8 Å². The molecule has 0 radical (unpaired) electrons. The van der Waals surface area contributed by atoms with E-state index in [4.69, 9.17) is 4.98 Å². The molecule has 2 heterocycles. The molecule has 0 aliphatic heterocycles. The van der Waals surface area contributed by atoms with E-state index in [1.807, 2.05) is 54.6 Å². The van der Waals surface area contributed by atoms with Crippen LogP contribution in [0.15, 0.2) is 72.9 Å².